The Labute approximate surface area is 503 Å². The molecule has 82 heavy (non-hydrogen) atoms. The summed E-state index contributed by atoms with van der Waals surface area (Å²) in [6, 6.07) is 11.8. The SMILES string of the molecule is CCCCCCCCSc1nc(Nc2cc(C(C)(C)C)c(O)c(C(C)(C)C)c2)nc(SCCCCCCCC)n1.Cc1cc(CCC(=O)OCCOCCOCCOC(=O)CCc2cc(C)c(O)c(C(C)(C)C)c2)cc(C(C)(C)C)c1O. The van der Waals surface area contributed by atoms with Crippen molar-refractivity contribution in [2.24, 2.45) is 0 Å². The Morgan fingerprint density at radius 1 is 0.463 bits per heavy atom. The minimum atomic E-state index is -0.296. The summed E-state index contributed by atoms with van der Waals surface area (Å²) in [7, 11) is 0. The van der Waals surface area contributed by atoms with E-state index in [-0.39, 0.29) is 72.9 Å². The highest BCUT2D eigenvalue weighted by Gasteiger charge is 2.28. The quantitative estimate of drug-likeness (QED) is 0.0153. The number of carbonyl (C=O) groups is 2. The molecule has 0 radical (unpaired) electrons. The molecule has 0 unspecified atom stereocenters. The summed E-state index contributed by atoms with van der Waals surface area (Å²) in [5, 5.41) is 36.9. The van der Waals surface area contributed by atoms with Crippen LogP contribution in [0.4, 0.5) is 11.6 Å². The van der Waals surface area contributed by atoms with Gasteiger partial charge >= 0.3 is 11.9 Å². The molecule has 0 aliphatic carbocycles. The number of aryl methyl sites for hydroxylation is 4. The van der Waals surface area contributed by atoms with Gasteiger partial charge in [-0.25, -0.2) is 0 Å². The summed E-state index contributed by atoms with van der Waals surface area (Å²) in [6.07, 6.45) is 17.0. The second kappa shape index (κ2) is 35.7. The van der Waals surface area contributed by atoms with E-state index in [9.17, 15) is 24.9 Å². The number of rotatable bonds is 33. The molecule has 0 bridgehead atoms. The molecule has 0 spiro atoms. The maximum absolute atomic E-state index is 12.1. The molecule has 0 amide bonds. The van der Waals surface area contributed by atoms with Gasteiger partial charge in [-0.2, -0.15) is 15.0 Å². The Hall–Kier alpha value is -4.57. The fourth-order valence-corrected chi connectivity index (χ4v) is 10.8. The molecule has 0 aliphatic rings. The van der Waals surface area contributed by atoms with Gasteiger partial charge in [0, 0.05) is 41.2 Å². The lowest BCUT2D eigenvalue weighted by molar-refractivity contribution is -0.146. The van der Waals surface area contributed by atoms with Crippen LogP contribution in [0.2, 0.25) is 0 Å². The fraction of sp³-hybridized carbons (Fsp3) is 0.657. The lowest BCUT2D eigenvalue weighted by Gasteiger charge is -2.28. The summed E-state index contributed by atoms with van der Waals surface area (Å²) < 4.78 is 21.4. The van der Waals surface area contributed by atoms with E-state index in [1.807, 2.05) is 91.8 Å². The van der Waals surface area contributed by atoms with Gasteiger partial charge in [-0.05, 0) is 107 Å². The number of aromatic nitrogens is 3. The first-order valence-corrected chi connectivity index (χ1v) is 32.3. The molecule has 1 aromatic heterocycles. The van der Waals surface area contributed by atoms with Crippen molar-refractivity contribution in [1.82, 2.24) is 15.0 Å². The van der Waals surface area contributed by atoms with Gasteiger partial charge in [-0.15, -0.1) is 0 Å². The molecule has 1 heterocycles. The molecule has 0 saturated carbocycles. The van der Waals surface area contributed by atoms with Crippen molar-refractivity contribution in [3.63, 3.8) is 0 Å². The van der Waals surface area contributed by atoms with Gasteiger partial charge in [0.25, 0.3) is 0 Å². The number of unbranched alkanes of at least 4 members (excludes halogenated alkanes) is 10. The number of benzene rings is 3. The maximum Gasteiger partial charge on any atom is 0.306 e. The number of hydrogen-bond donors (Lipinski definition) is 4. The van der Waals surface area contributed by atoms with Crippen LogP contribution in [0.3, 0.4) is 0 Å². The van der Waals surface area contributed by atoms with E-state index in [1.54, 1.807) is 23.5 Å². The molecular formula is C67H106N4O9S2. The monoisotopic (exact) mass is 1170 g/mol. The minimum absolute atomic E-state index is 0.163. The number of esters is 2. The molecule has 3 aromatic carbocycles. The third-order valence-electron chi connectivity index (χ3n) is 14.0. The van der Waals surface area contributed by atoms with Crippen LogP contribution in [0.15, 0.2) is 46.7 Å². The van der Waals surface area contributed by atoms with Crippen molar-refractivity contribution in [3.8, 4) is 17.2 Å². The summed E-state index contributed by atoms with van der Waals surface area (Å²) in [5.74, 6) is 3.04. The van der Waals surface area contributed by atoms with Gasteiger partial charge in [-0.3, -0.25) is 9.59 Å². The van der Waals surface area contributed by atoms with E-state index >= 15 is 0 Å². The number of hydrogen-bond acceptors (Lipinski definition) is 15. The van der Waals surface area contributed by atoms with Crippen molar-refractivity contribution in [2.45, 2.75) is 245 Å². The molecule has 4 rings (SSSR count). The topological polar surface area (TPSA) is 182 Å². The minimum Gasteiger partial charge on any atom is -0.507 e. The second-order valence-corrected chi connectivity index (χ2v) is 27.9. The third kappa shape index (κ3) is 27.0. The predicted octanol–water partition coefficient (Wildman–Crippen LogP) is 16.8. The zero-order valence-corrected chi connectivity index (χ0v) is 55.0. The number of nitrogens with zero attached hydrogens (tertiary/aromatic N) is 3. The van der Waals surface area contributed by atoms with Crippen LogP contribution in [-0.4, -0.2) is 93.4 Å². The van der Waals surface area contributed by atoms with Gasteiger partial charge in [0.15, 0.2) is 10.3 Å². The number of carbonyl (C=O) groups excluding carboxylic acids is 2. The number of thioether (sulfide) groups is 2. The Kier molecular flexibility index (Phi) is 31.2. The molecular weight excluding hydrogens is 1070 g/mol. The number of nitrogens with one attached hydrogen (secondary N) is 1. The van der Waals surface area contributed by atoms with Crippen molar-refractivity contribution in [1.29, 1.82) is 0 Å². The molecule has 4 N–H and O–H groups in total. The van der Waals surface area contributed by atoms with Crippen LogP contribution in [0.5, 0.6) is 17.2 Å². The molecule has 0 saturated heterocycles. The van der Waals surface area contributed by atoms with Gasteiger partial charge in [0.05, 0.1) is 26.4 Å². The molecule has 0 aliphatic heterocycles. The van der Waals surface area contributed by atoms with Crippen molar-refractivity contribution in [2.75, 3.05) is 56.5 Å². The Balaban J connectivity index is 0.000000431. The van der Waals surface area contributed by atoms with Crippen molar-refractivity contribution < 1.29 is 43.9 Å². The smallest absolute Gasteiger partial charge is 0.306 e. The highest BCUT2D eigenvalue weighted by Crippen LogP contribution is 2.42. The van der Waals surface area contributed by atoms with E-state index in [0.29, 0.717) is 49.3 Å². The van der Waals surface area contributed by atoms with E-state index in [1.165, 1.54) is 77.0 Å². The van der Waals surface area contributed by atoms with Crippen LogP contribution < -0.4 is 5.32 Å². The Morgan fingerprint density at radius 3 is 1.17 bits per heavy atom. The molecule has 4 aromatic rings. The molecule has 460 valence electrons. The first kappa shape index (κ1) is 71.7. The van der Waals surface area contributed by atoms with Crippen LogP contribution in [0.25, 0.3) is 0 Å². The Morgan fingerprint density at radius 2 is 0.805 bits per heavy atom. The number of phenols is 3. The highest BCUT2D eigenvalue weighted by atomic mass is 32.2. The average molecular weight is 1180 g/mol. The van der Waals surface area contributed by atoms with E-state index in [4.69, 9.17) is 33.9 Å². The van der Waals surface area contributed by atoms with Crippen LogP contribution in [0.1, 0.15) is 231 Å². The Bertz CT molecular complexity index is 2400. The average Bonchev–Trinajstić information content (AvgIpc) is 3.41. The largest absolute Gasteiger partial charge is 0.507 e. The number of aromatic hydroxyl groups is 3. The van der Waals surface area contributed by atoms with Gasteiger partial charge in [0.2, 0.25) is 5.95 Å². The summed E-state index contributed by atoms with van der Waals surface area (Å²) in [5.41, 5.74) is 7.30. The summed E-state index contributed by atoms with van der Waals surface area (Å²) in [4.78, 5) is 38.7. The third-order valence-corrected chi connectivity index (χ3v) is 15.8. The lowest BCUT2D eigenvalue weighted by Crippen LogP contribution is -2.18. The molecule has 0 atom stereocenters. The summed E-state index contributed by atoms with van der Waals surface area (Å²) in [6.45, 7) is 34.9. The highest BCUT2D eigenvalue weighted by molar-refractivity contribution is 7.99. The zero-order valence-electron chi connectivity index (χ0n) is 53.4. The van der Waals surface area contributed by atoms with Gasteiger partial charge < -0.3 is 39.6 Å². The normalized spacial score (nSPS) is 12.0. The number of ether oxygens (including phenoxy) is 4. The lowest BCUT2D eigenvalue weighted by atomic mass is 9.79. The van der Waals surface area contributed by atoms with E-state index in [2.05, 4.69) is 60.7 Å². The van der Waals surface area contributed by atoms with E-state index < -0.39 is 0 Å². The van der Waals surface area contributed by atoms with Crippen LogP contribution in [-0.2, 0) is 63.0 Å². The fourth-order valence-electron chi connectivity index (χ4n) is 9.12. The zero-order chi connectivity index (χ0) is 61.1. The molecule has 0 fully saturated rings. The maximum atomic E-state index is 12.1. The standard InChI is InChI=1S/C34H50O8.C33H56N4OS2/c1-23-19-25(21-27(31(23)37)33(3,4)5)9-11-29(35)41-17-15-39-13-14-40-16-18-42-30(36)12-10-26-20-24(2)32(38)28(22-26)34(6,7)8;1-9-11-13-15-17-19-21-39-30-35-29(36-31(37-30)40-22-20-18-16-14-12-10-2)34-25-23-26(32(3,4)5)28(38)27(24-25)33(6,7)8/h19-22,37-38H,9-18H2,1-8H3;23-24,38H,9-22H2,1-8H3,(H,34,35,36,37). The number of phenolic OH excluding ortho intramolecular Hbond substituents is 3. The van der Waals surface area contributed by atoms with Gasteiger partial charge in [0.1, 0.15) is 30.5 Å². The molecule has 13 nitrogen and oxygen atoms in total. The van der Waals surface area contributed by atoms with Crippen LogP contribution in [0, 0.1) is 13.8 Å². The van der Waals surface area contributed by atoms with Crippen molar-refractivity contribution >= 4 is 47.1 Å². The first-order valence-electron chi connectivity index (χ1n) is 30.3. The van der Waals surface area contributed by atoms with Gasteiger partial charge in [-0.1, -0.05) is 209 Å². The van der Waals surface area contributed by atoms with E-state index in [0.717, 1.165) is 72.0 Å². The first-order chi connectivity index (χ1) is 38.5. The predicted molar refractivity (Wildman–Crippen MR) is 340 cm³/mol. The van der Waals surface area contributed by atoms with Crippen LogP contribution >= 0.6 is 23.5 Å². The summed E-state index contributed by atoms with van der Waals surface area (Å²) >= 11 is 3.48. The number of anilines is 2. The molecule has 15 heteroatoms. The van der Waals surface area contributed by atoms with Crippen molar-refractivity contribution in [3.05, 3.63) is 80.9 Å². The second-order valence-electron chi connectivity index (χ2n) is 25.8.